The van der Waals surface area contributed by atoms with E-state index >= 15 is 0 Å². The second kappa shape index (κ2) is 6.36. The van der Waals surface area contributed by atoms with Gasteiger partial charge in [0.15, 0.2) is 0 Å². The van der Waals surface area contributed by atoms with Crippen molar-refractivity contribution >= 4 is 21.8 Å². The van der Waals surface area contributed by atoms with Gasteiger partial charge in [0.25, 0.3) is 0 Å². The van der Waals surface area contributed by atoms with Gasteiger partial charge in [-0.3, -0.25) is 4.79 Å². The van der Waals surface area contributed by atoms with Crippen LogP contribution in [0.5, 0.6) is 5.75 Å². The number of halogens is 1. The van der Waals surface area contributed by atoms with E-state index < -0.39 is 0 Å². The molecule has 1 fully saturated rings. The van der Waals surface area contributed by atoms with E-state index in [1.54, 1.807) is 0 Å². The number of nitrogens with one attached hydrogen (secondary N) is 1. The van der Waals surface area contributed by atoms with E-state index in [1.807, 2.05) is 11.8 Å². The lowest BCUT2D eigenvalue weighted by Crippen LogP contribution is -2.43. The van der Waals surface area contributed by atoms with Crippen molar-refractivity contribution in [3.05, 3.63) is 27.7 Å². The highest BCUT2D eigenvalue weighted by Gasteiger charge is 2.24. The molecule has 0 aromatic heterocycles. The van der Waals surface area contributed by atoms with Gasteiger partial charge in [-0.1, -0.05) is 15.9 Å². The summed E-state index contributed by atoms with van der Waals surface area (Å²) in [6.07, 6.45) is 3.22. The monoisotopic (exact) mass is 352 g/mol. The standard InChI is InChI=1S/C16H21BrN2O2/c1-11(16(20)19-5-2-3-6-19)18-10-13-9-14(17)8-12-4-7-21-15(12)13/h8-9,11,18H,2-7,10H2,1H3. The first kappa shape index (κ1) is 14.9. The molecule has 0 radical (unpaired) electrons. The summed E-state index contributed by atoms with van der Waals surface area (Å²) in [5.74, 6) is 1.20. The van der Waals surface area contributed by atoms with Crippen molar-refractivity contribution in [3.8, 4) is 5.75 Å². The van der Waals surface area contributed by atoms with E-state index in [1.165, 1.54) is 5.56 Å². The van der Waals surface area contributed by atoms with Crippen LogP contribution >= 0.6 is 15.9 Å². The lowest BCUT2D eigenvalue weighted by Gasteiger charge is -2.21. The van der Waals surface area contributed by atoms with E-state index in [2.05, 4.69) is 33.4 Å². The maximum atomic E-state index is 12.3. The van der Waals surface area contributed by atoms with E-state index in [0.717, 1.165) is 54.7 Å². The minimum atomic E-state index is -0.154. The van der Waals surface area contributed by atoms with E-state index in [0.29, 0.717) is 6.54 Å². The van der Waals surface area contributed by atoms with Crippen LogP contribution in [0.25, 0.3) is 0 Å². The Labute approximate surface area is 134 Å². The number of fused-ring (bicyclic) bond motifs is 1. The van der Waals surface area contributed by atoms with Crippen LogP contribution < -0.4 is 10.1 Å². The summed E-state index contributed by atoms with van der Waals surface area (Å²) in [5.41, 5.74) is 2.37. The van der Waals surface area contributed by atoms with Gasteiger partial charge in [0.1, 0.15) is 5.75 Å². The molecule has 1 saturated heterocycles. The third-order valence-electron chi connectivity index (χ3n) is 4.21. The van der Waals surface area contributed by atoms with Crippen LogP contribution in [0.4, 0.5) is 0 Å². The minimum Gasteiger partial charge on any atom is -0.493 e. The molecule has 0 bridgehead atoms. The summed E-state index contributed by atoms with van der Waals surface area (Å²) >= 11 is 3.55. The summed E-state index contributed by atoms with van der Waals surface area (Å²) < 4.78 is 6.79. The molecule has 0 spiro atoms. The second-order valence-corrected chi connectivity index (χ2v) is 6.70. The minimum absolute atomic E-state index is 0.154. The maximum absolute atomic E-state index is 12.3. The Morgan fingerprint density at radius 2 is 2.19 bits per heavy atom. The number of hydrogen-bond acceptors (Lipinski definition) is 3. The first-order chi connectivity index (χ1) is 10.1. The third-order valence-corrected chi connectivity index (χ3v) is 4.67. The first-order valence-electron chi connectivity index (χ1n) is 7.61. The van der Waals surface area contributed by atoms with Crippen molar-refractivity contribution in [2.24, 2.45) is 0 Å². The highest BCUT2D eigenvalue weighted by atomic mass is 79.9. The molecule has 1 aromatic rings. The third kappa shape index (κ3) is 3.24. The Kier molecular flexibility index (Phi) is 4.50. The predicted octanol–water partition coefficient (Wildman–Crippen LogP) is 2.48. The molecule has 0 aliphatic carbocycles. The van der Waals surface area contributed by atoms with Crippen LogP contribution in [-0.2, 0) is 17.8 Å². The average molecular weight is 353 g/mol. The van der Waals surface area contributed by atoms with Crippen LogP contribution in [0.3, 0.4) is 0 Å². The molecular formula is C16H21BrN2O2. The molecule has 114 valence electrons. The van der Waals surface area contributed by atoms with Crippen molar-refractivity contribution in [3.63, 3.8) is 0 Å². The number of nitrogens with zero attached hydrogens (tertiary/aromatic N) is 1. The zero-order valence-electron chi connectivity index (χ0n) is 12.3. The van der Waals surface area contributed by atoms with Crippen LogP contribution in [0, 0.1) is 0 Å². The van der Waals surface area contributed by atoms with E-state index in [9.17, 15) is 4.79 Å². The lowest BCUT2D eigenvalue weighted by atomic mass is 10.1. The summed E-state index contributed by atoms with van der Waals surface area (Å²) in [4.78, 5) is 14.2. The van der Waals surface area contributed by atoms with E-state index in [-0.39, 0.29) is 11.9 Å². The van der Waals surface area contributed by atoms with Crippen LogP contribution in [0.1, 0.15) is 30.9 Å². The molecular weight excluding hydrogens is 332 g/mol. The fourth-order valence-corrected chi connectivity index (χ4v) is 3.59. The fraction of sp³-hybridized carbons (Fsp3) is 0.562. The molecule has 2 aliphatic rings. The Bertz CT molecular complexity index is 541. The Balaban J connectivity index is 1.63. The van der Waals surface area contributed by atoms with Crippen molar-refractivity contribution in [1.82, 2.24) is 10.2 Å². The van der Waals surface area contributed by atoms with E-state index in [4.69, 9.17) is 4.74 Å². The largest absolute Gasteiger partial charge is 0.493 e. The highest BCUT2D eigenvalue weighted by Crippen LogP contribution is 2.32. The van der Waals surface area contributed by atoms with Crippen LogP contribution in [0.2, 0.25) is 0 Å². The van der Waals surface area contributed by atoms with Gasteiger partial charge in [-0.25, -0.2) is 0 Å². The van der Waals surface area contributed by atoms with Gasteiger partial charge in [0.2, 0.25) is 5.91 Å². The van der Waals surface area contributed by atoms with Crippen LogP contribution in [0.15, 0.2) is 16.6 Å². The van der Waals surface area contributed by atoms with Gasteiger partial charge in [0, 0.05) is 36.1 Å². The number of carbonyl (C=O) groups excluding carboxylic acids is 1. The van der Waals surface area contributed by atoms with Gasteiger partial charge in [-0.05, 0) is 37.5 Å². The second-order valence-electron chi connectivity index (χ2n) is 5.79. The highest BCUT2D eigenvalue weighted by molar-refractivity contribution is 9.10. The molecule has 21 heavy (non-hydrogen) atoms. The molecule has 0 saturated carbocycles. The maximum Gasteiger partial charge on any atom is 0.239 e. The number of rotatable bonds is 4. The molecule has 1 aromatic carbocycles. The molecule has 1 amide bonds. The smallest absolute Gasteiger partial charge is 0.239 e. The van der Waals surface area contributed by atoms with Crippen molar-refractivity contribution in [2.45, 2.75) is 38.8 Å². The molecule has 1 unspecified atom stereocenters. The number of hydrogen-bond donors (Lipinski definition) is 1. The lowest BCUT2D eigenvalue weighted by molar-refractivity contribution is -0.131. The van der Waals surface area contributed by atoms with Crippen molar-refractivity contribution in [1.29, 1.82) is 0 Å². The Morgan fingerprint density at radius 1 is 1.43 bits per heavy atom. The number of carbonyl (C=O) groups is 1. The normalized spacial score (nSPS) is 18.5. The van der Waals surface area contributed by atoms with Crippen LogP contribution in [-0.4, -0.2) is 36.5 Å². The zero-order chi connectivity index (χ0) is 14.8. The van der Waals surface area contributed by atoms with Gasteiger partial charge in [-0.2, -0.15) is 0 Å². The molecule has 2 aliphatic heterocycles. The Hall–Kier alpha value is -1.07. The average Bonchev–Trinajstić information content (AvgIpc) is 3.13. The summed E-state index contributed by atoms with van der Waals surface area (Å²) in [6, 6.07) is 4.04. The fourth-order valence-electron chi connectivity index (χ4n) is 3.04. The van der Waals surface area contributed by atoms with Gasteiger partial charge >= 0.3 is 0 Å². The zero-order valence-corrected chi connectivity index (χ0v) is 13.9. The van der Waals surface area contributed by atoms with Crippen molar-refractivity contribution in [2.75, 3.05) is 19.7 Å². The van der Waals surface area contributed by atoms with Gasteiger partial charge < -0.3 is 15.0 Å². The summed E-state index contributed by atoms with van der Waals surface area (Å²) in [5, 5.41) is 3.34. The molecule has 3 rings (SSSR count). The van der Waals surface area contributed by atoms with Gasteiger partial charge in [-0.15, -0.1) is 0 Å². The Morgan fingerprint density at radius 3 is 2.95 bits per heavy atom. The molecule has 1 N–H and O–H groups in total. The molecule has 2 heterocycles. The topological polar surface area (TPSA) is 41.6 Å². The molecule has 5 heteroatoms. The number of ether oxygens (including phenoxy) is 1. The summed E-state index contributed by atoms with van der Waals surface area (Å²) in [7, 11) is 0. The number of benzene rings is 1. The van der Waals surface area contributed by atoms with Gasteiger partial charge in [0.05, 0.1) is 12.6 Å². The number of amides is 1. The SMILES string of the molecule is CC(NCc1cc(Br)cc2c1OCC2)C(=O)N1CCCC1. The first-order valence-corrected chi connectivity index (χ1v) is 8.41. The number of likely N-dealkylation sites (tertiary alicyclic amines) is 1. The quantitative estimate of drug-likeness (QED) is 0.904. The van der Waals surface area contributed by atoms with Crippen molar-refractivity contribution < 1.29 is 9.53 Å². The molecule has 4 nitrogen and oxygen atoms in total. The predicted molar refractivity (Wildman–Crippen MR) is 85.5 cm³/mol. The molecule has 1 atom stereocenters. The summed E-state index contributed by atoms with van der Waals surface area (Å²) in [6.45, 7) is 5.16.